The molecular weight excluding hydrogens is 348 g/mol. The van der Waals surface area contributed by atoms with Crippen LogP contribution in [0.25, 0.3) is 10.9 Å². The van der Waals surface area contributed by atoms with Crippen molar-refractivity contribution in [3.8, 4) is 12.1 Å². The summed E-state index contributed by atoms with van der Waals surface area (Å²) in [6.45, 7) is 0.666. The van der Waals surface area contributed by atoms with Gasteiger partial charge in [0.2, 0.25) is 0 Å². The van der Waals surface area contributed by atoms with Gasteiger partial charge in [0.1, 0.15) is 0 Å². The Hall–Kier alpha value is -3.41. The molecular formula is C23H18N4O. The van der Waals surface area contributed by atoms with Crippen molar-refractivity contribution in [3.63, 3.8) is 0 Å². The number of aromatic amines is 1. The van der Waals surface area contributed by atoms with Gasteiger partial charge in [-0.15, -0.1) is 0 Å². The van der Waals surface area contributed by atoms with Crippen LogP contribution in [0.15, 0.2) is 54.6 Å². The van der Waals surface area contributed by atoms with Gasteiger partial charge in [-0.25, -0.2) is 0 Å². The maximum atomic E-state index is 13.3. The molecule has 1 aromatic heterocycles. The first-order chi connectivity index (χ1) is 13.7. The van der Waals surface area contributed by atoms with E-state index >= 15 is 0 Å². The number of hydrogen-bond acceptors (Lipinski definition) is 4. The molecule has 2 aliphatic heterocycles. The molecule has 2 aliphatic rings. The normalized spacial score (nSPS) is 26.2. The van der Waals surface area contributed by atoms with Gasteiger partial charge in [0.25, 0.3) is 0 Å². The Kier molecular flexibility index (Phi) is 3.79. The lowest BCUT2D eigenvalue weighted by Crippen LogP contribution is -2.43. The molecule has 5 nitrogen and oxygen atoms in total. The highest BCUT2D eigenvalue weighted by Crippen LogP contribution is 2.49. The van der Waals surface area contributed by atoms with Crippen molar-refractivity contribution in [2.45, 2.75) is 18.5 Å². The third-order valence-corrected chi connectivity index (χ3v) is 6.17. The molecule has 1 saturated heterocycles. The predicted molar refractivity (Wildman–Crippen MR) is 104 cm³/mol. The molecule has 0 aliphatic carbocycles. The number of carbonyl (C=O) groups is 1. The molecule has 4 atom stereocenters. The topological polar surface area (TPSA) is 83.7 Å². The van der Waals surface area contributed by atoms with Crippen LogP contribution in [-0.4, -0.2) is 28.3 Å². The van der Waals surface area contributed by atoms with E-state index in [0.29, 0.717) is 12.1 Å². The number of hydrogen-bond donors (Lipinski definition) is 1. The van der Waals surface area contributed by atoms with Crippen molar-refractivity contribution >= 4 is 16.7 Å². The number of fused-ring (bicyclic) bond motifs is 5. The highest BCUT2D eigenvalue weighted by atomic mass is 16.1. The molecule has 5 heteroatoms. The fourth-order valence-corrected chi connectivity index (χ4v) is 4.97. The number of nitriles is 2. The number of benzene rings is 2. The summed E-state index contributed by atoms with van der Waals surface area (Å²) >= 11 is 0. The smallest absolute Gasteiger partial charge is 0.181 e. The molecule has 1 fully saturated rings. The number of H-pyrrole nitrogens is 1. The van der Waals surface area contributed by atoms with Gasteiger partial charge in [0.05, 0.1) is 36.1 Å². The zero-order chi connectivity index (χ0) is 19.3. The van der Waals surface area contributed by atoms with Crippen LogP contribution in [0.1, 0.15) is 27.7 Å². The van der Waals surface area contributed by atoms with Crippen LogP contribution in [0.4, 0.5) is 0 Å². The van der Waals surface area contributed by atoms with Crippen LogP contribution in [0.2, 0.25) is 0 Å². The first-order valence-corrected chi connectivity index (χ1v) is 9.48. The minimum absolute atomic E-state index is 0.0746. The first kappa shape index (κ1) is 16.7. The standard InChI is InChI=1S/C23H18N4O/c24-12-17-18(13-25)22(23(28)14-6-2-1-3-7-14)27-11-10-16-15-8-4-5-9-19(15)26-20(16)21(17)27/h1-9,17-18,21-22,26H,10-11H2/t17-,18-,21-,22-/m0/s1. The van der Waals surface area contributed by atoms with Crippen molar-refractivity contribution in [2.75, 3.05) is 6.54 Å². The Labute approximate surface area is 162 Å². The van der Waals surface area contributed by atoms with E-state index in [-0.39, 0.29) is 11.8 Å². The van der Waals surface area contributed by atoms with Gasteiger partial charge < -0.3 is 4.98 Å². The molecule has 0 saturated carbocycles. The number of nitrogens with zero attached hydrogens (tertiary/aromatic N) is 3. The molecule has 3 heterocycles. The van der Waals surface area contributed by atoms with Gasteiger partial charge in [-0.3, -0.25) is 9.69 Å². The minimum Gasteiger partial charge on any atom is -0.357 e. The van der Waals surface area contributed by atoms with Crippen molar-refractivity contribution < 1.29 is 4.79 Å². The fraction of sp³-hybridized carbons (Fsp3) is 0.261. The van der Waals surface area contributed by atoms with E-state index in [2.05, 4.69) is 28.1 Å². The summed E-state index contributed by atoms with van der Waals surface area (Å²) in [7, 11) is 0. The quantitative estimate of drug-likeness (QED) is 0.702. The first-order valence-electron chi connectivity index (χ1n) is 9.48. The number of para-hydroxylation sites is 1. The van der Waals surface area contributed by atoms with Gasteiger partial charge in [-0.1, -0.05) is 48.5 Å². The van der Waals surface area contributed by atoms with E-state index in [1.54, 1.807) is 12.1 Å². The molecule has 0 amide bonds. The van der Waals surface area contributed by atoms with Crippen LogP contribution in [0.3, 0.4) is 0 Å². The second-order valence-corrected chi connectivity index (χ2v) is 7.48. The van der Waals surface area contributed by atoms with E-state index in [0.717, 1.165) is 17.6 Å². The molecule has 5 rings (SSSR count). The Balaban J connectivity index is 1.64. The number of rotatable bonds is 2. The zero-order valence-corrected chi connectivity index (χ0v) is 15.2. The lowest BCUT2D eigenvalue weighted by Gasteiger charge is -2.34. The van der Waals surface area contributed by atoms with Crippen molar-refractivity contribution in [1.82, 2.24) is 9.88 Å². The molecule has 136 valence electrons. The van der Waals surface area contributed by atoms with Crippen molar-refractivity contribution in [2.24, 2.45) is 11.8 Å². The molecule has 0 radical (unpaired) electrons. The maximum absolute atomic E-state index is 13.3. The largest absolute Gasteiger partial charge is 0.357 e. The van der Waals surface area contributed by atoms with Gasteiger partial charge >= 0.3 is 0 Å². The summed E-state index contributed by atoms with van der Waals surface area (Å²) in [5.41, 5.74) is 3.83. The monoisotopic (exact) mass is 366 g/mol. The molecule has 0 spiro atoms. The van der Waals surface area contributed by atoms with Gasteiger partial charge in [0.15, 0.2) is 5.78 Å². The van der Waals surface area contributed by atoms with Crippen LogP contribution in [0, 0.1) is 34.5 Å². The second-order valence-electron chi connectivity index (χ2n) is 7.48. The lowest BCUT2D eigenvalue weighted by atomic mass is 9.85. The van der Waals surface area contributed by atoms with E-state index in [1.165, 1.54) is 10.9 Å². The lowest BCUT2D eigenvalue weighted by molar-refractivity contribution is 0.0802. The van der Waals surface area contributed by atoms with Crippen LogP contribution in [0.5, 0.6) is 0 Å². The van der Waals surface area contributed by atoms with Crippen LogP contribution in [-0.2, 0) is 6.42 Å². The Bertz CT molecular complexity index is 1150. The van der Waals surface area contributed by atoms with E-state index in [9.17, 15) is 15.3 Å². The van der Waals surface area contributed by atoms with Gasteiger partial charge in [-0.05, 0) is 18.1 Å². The summed E-state index contributed by atoms with van der Waals surface area (Å²) < 4.78 is 0. The molecule has 0 unspecified atom stereocenters. The molecule has 3 aromatic rings. The molecule has 28 heavy (non-hydrogen) atoms. The Morgan fingerprint density at radius 3 is 2.46 bits per heavy atom. The second kappa shape index (κ2) is 6.34. The number of carbonyl (C=O) groups excluding carboxylic acids is 1. The van der Waals surface area contributed by atoms with Crippen molar-refractivity contribution in [3.05, 3.63) is 71.4 Å². The van der Waals surface area contributed by atoms with E-state index in [4.69, 9.17) is 0 Å². The average molecular weight is 366 g/mol. The SMILES string of the molecule is N#C[C@H]1[C@H](C#N)[C@H]2c3[nH]c4ccccc4c3CCN2[C@@H]1C(=O)c1ccccc1. The Morgan fingerprint density at radius 1 is 1.00 bits per heavy atom. The average Bonchev–Trinajstić information content (AvgIpc) is 3.28. The number of nitrogens with one attached hydrogen (secondary N) is 1. The van der Waals surface area contributed by atoms with Crippen LogP contribution < -0.4 is 0 Å². The van der Waals surface area contributed by atoms with Crippen LogP contribution >= 0.6 is 0 Å². The van der Waals surface area contributed by atoms with E-state index in [1.807, 2.05) is 36.4 Å². The molecule has 1 N–H and O–H groups in total. The van der Waals surface area contributed by atoms with E-state index < -0.39 is 17.9 Å². The third-order valence-electron chi connectivity index (χ3n) is 6.17. The summed E-state index contributed by atoms with van der Waals surface area (Å²) in [4.78, 5) is 18.9. The maximum Gasteiger partial charge on any atom is 0.181 e. The molecule has 0 bridgehead atoms. The number of ketones is 1. The number of Topliss-reactive ketones (excluding diaryl/α,β-unsaturated/α-hetero) is 1. The number of aromatic nitrogens is 1. The summed E-state index contributed by atoms with van der Waals surface area (Å²) in [6.07, 6.45) is 0.796. The third kappa shape index (κ3) is 2.24. The zero-order valence-electron chi connectivity index (χ0n) is 15.2. The minimum atomic E-state index is -0.653. The summed E-state index contributed by atoms with van der Waals surface area (Å²) in [6, 6.07) is 21.0. The Morgan fingerprint density at radius 2 is 1.71 bits per heavy atom. The van der Waals surface area contributed by atoms with Gasteiger partial charge in [0, 0.05) is 28.7 Å². The fourth-order valence-electron chi connectivity index (χ4n) is 4.97. The summed E-state index contributed by atoms with van der Waals surface area (Å²) in [5, 5.41) is 21.0. The highest BCUT2D eigenvalue weighted by Gasteiger charge is 2.55. The van der Waals surface area contributed by atoms with Gasteiger partial charge in [-0.2, -0.15) is 10.5 Å². The summed E-state index contributed by atoms with van der Waals surface area (Å²) in [5.74, 6) is -1.27. The van der Waals surface area contributed by atoms with Crippen molar-refractivity contribution in [1.29, 1.82) is 10.5 Å². The molecule has 2 aromatic carbocycles. The highest BCUT2D eigenvalue weighted by molar-refractivity contribution is 6.01. The predicted octanol–water partition coefficient (Wildman–Crippen LogP) is 3.61.